The molecule has 1 N–H and O–H groups in total. The minimum absolute atomic E-state index is 0.0338. The van der Waals surface area contributed by atoms with Crippen molar-refractivity contribution in [3.05, 3.63) is 71.3 Å². The zero-order chi connectivity index (χ0) is 23.4. The number of carbonyl (C=O) groups excluding carboxylic acids is 2. The normalized spacial score (nSPS) is 16.0. The Labute approximate surface area is 192 Å². The largest absolute Gasteiger partial charge is 0.350 e. The summed E-state index contributed by atoms with van der Waals surface area (Å²) in [5.41, 5.74) is 2.05. The first-order valence-electron chi connectivity index (χ1n) is 11.5. The number of nitrogens with one attached hydrogen (secondary N) is 1. The van der Waals surface area contributed by atoms with Crippen molar-refractivity contribution in [3.8, 4) is 0 Å². The molecule has 1 amide bonds. The summed E-state index contributed by atoms with van der Waals surface area (Å²) in [6.07, 6.45) is 0.792. The lowest BCUT2D eigenvalue weighted by molar-refractivity contribution is -0.124. The molecule has 3 rings (SSSR count). The maximum atomic E-state index is 12.7. The summed E-state index contributed by atoms with van der Waals surface area (Å²) in [6, 6.07) is 17.2. The van der Waals surface area contributed by atoms with Crippen molar-refractivity contribution in [3.63, 3.8) is 0 Å². The van der Waals surface area contributed by atoms with Crippen LogP contribution < -0.4 is 5.32 Å². The summed E-state index contributed by atoms with van der Waals surface area (Å²) in [6.45, 7) is 12.9. The predicted octanol–water partition coefficient (Wildman–Crippen LogP) is 3.73. The van der Waals surface area contributed by atoms with E-state index < -0.39 is 0 Å². The summed E-state index contributed by atoms with van der Waals surface area (Å²) in [5.74, 6) is 0.116. The Morgan fingerprint density at radius 1 is 0.844 bits per heavy atom. The van der Waals surface area contributed by atoms with E-state index >= 15 is 0 Å². The number of benzene rings is 2. The van der Waals surface area contributed by atoms with E-state index in [0.29, 0.717) is 17.7 Å². The Hall–Kier alpha value is -2.50. The lowest BCUT2D eigenvalue weighted by atomic mass is 9.75. The van der Waals surface area contributed by atoms with Crippen LogP contribution in [-0.4, -0.2) is 66.8 Å². The van der Waals surface area contributed by atoms with Gasteiger partial charge in [0.2, 0.25) is 5.91 Å². The molecule has 0 bridgehead atoms. The standard InChI is InChI=1S/C27H37N3O2/c1-26(2,20-27(3,4)28-24(31)19-30-17-15-29(5)16-18-30)23-13-11-22(12-14-23)25(32)21-9-7-6-8-10-21/h6-14H,15-20H2,1-5H3,(H,28,31). The molecule has 0 atom stereocenters. The van der Waals surface area contributed by atoms with E-state index in [4.69, 9.17) is 0 Å². The number of ketones is 1. The minimum Gasteiger partial charge on any atom is -0.350 e. The zero-order valence-electron chi connectivity index (χ0n) is 20.1. The van der Waals surface area contributed by atoms with Gasteiger partial charge >= 0.3 is 0 Å². The highest BCUT2D eigenvalue weighted by Crippen LogP contribution is 2.32. The molecule has 0 saturated carbocycles. The second-order valence-corrected chi connectivity index (χ2v) is 10.3. The molecule has 1 heterocycles. The number of rotatable bonds is 8. The Kier molecular flexibility index (Phi) is 7.52. The van der Waals surface area contributed by atoms with Crippen LogP contribution in [0.1, 0.15) is 55.6 Å². The van der Waals surface area contributed by atoms with Crippen LogP contribution in [0, 0.1) is 0 Å². The molecule has 1 saturated heterocycles. The first kappa shape index (κ1) is 24.1. The third-order valence-corrected chi connectivity index (χ3v) is 6.29. The van der Waals surface area contributed by atoms with Gasteiger partial charge in [-0.05, 0) is 38.3 Å². The van der Waals surface area contributed by atoms with Gasteiger partial charge in [0.05, 0.1) is 6.54 Å². The molecule has 2 aromatic rings. The van der Waals surface area contributed by atoms with E-state index in [0.717, 1.165) is 38.2 Å². The number of nitrogens with zero attached hydrogens (tertiary/aromatic N) is 2. The van der Waals surface area contributed by atoms with Crippen molar-refractivity contribution in [1.82, 2.24) is 15.1 Å². The summed E-state index contributed by atoms with van der Waals surface area (Å²) in [5, 5.41) is 3.24. The van der Waals surface area contributed by atoms with Crippen molar-refractivity contribution < 1.29 is 9.59 Å². The lowest BCUT2D eigenvalue weighted by Crippen LogP contribution is -2.53. The van der Waals surface area contributed by atoms with E-state index in [1.165, 1.54) is 0 Å². The molecule has 0 radical (unpaired) electrons. The van der Waals surface area contributed by atoms with E-state index in [2.05, 4.69) is 49.9 Å². The van der Waals surface area contributed by atoms with Gasteiger partial charge in [-0.2, -0.15) is 0 Å². The van der Waals surface area contributed by atoms with Crippen molar-refractivity contribution in [2.24, 2.45) is 0 Å². The Morgan fingerprint density at radius 2 is 1.41 bits per heavy atom. The number of likely N-dealkylation sites (N-methyl/N-ethyl adjacent to an activating group) is 1. The van der Waals surface area contributed by atoms with Crippen LogP contribution in [0.3, 0.4) is 0 Å². The highest BCUT2D eigenvalue weighted by molar-refractivity contribution is 6.08. The Bertz CT molecular complexity index is 912. The zero-order valence-corrected chi connectivity index (χ0v) is 20.1. The molecule has 5 nitrogen and oxygen atoms in total. The molecule has 0 unspecified atom stereocenters. The number of hydrogen-bond donors (Lipinski definition) is 1. The van der Waals surface area contributed by atoms with Crippen LogP contribution in [0.25, 0.3) is 0 Å². The van der Waals surface area contributed by atoms with Gasteiger partial charge in [-0.3, -0.25) is 14.5 Å². The number of amides is 1. The van der Waals surface area contributed by atoms with Gasteiger partial charge < -0.3 is 10.2 Å². The fraction of sp³-hybridized carbons (Fsp3) is 0.481. The topological polar surface area (TPSA) is 52.6 Å². The van der Waals surface area contributed by atoms with Crippen LogP contribution in [0.15, 0.2) is 54.6 Å². The van der Waals surface area contributed by atoms with Crippen molar-refractivity contribution in [2.75, 3.05) is 39.8 Å². The van der Waals surface area contributed by atoms with E-state index in [1.807, 2.05) is 54.6 Å². The fourth-order valence-electron chi connectivity index (χ4n) is 4.71. The molecule has 1 aliphatic rings. The van der Waals surface area contributed by atoms with Gasteiger partial charge in [0.25, 0.3) is 0 Å². The third-order valence-electron chi connectivity index (χ3n) is 6.29. The highest BCUT2D eigenvalue weighted by atomic mass is 16.2. The summed E-state index contributed by atoms with van der Waals surface area (Å²) in [7, 11) is 2.12. The van der Waals surface area contributed by atoms with E-state index in [1.54, 1.807) is 0 Å². The second kappa shape index (κ2) is 9.97. The van der Waals surface area contributed by atoms with Gasteiger partial charge in [-0.25, -0.2) is 0 Å². The average Bonchev–Trinajstić information content (AvgIpc) is 2.74. The summed E-state index contributed by atoms with van der Waals surface area (Å²) < 4.78 is 0. The smallest absolute Gasteiger partial charge is 0.234 e. The van der Waals surface area contributed by atoms with Crippen molar-refractivity contribution in [1.29, 1.82) is 0 Å². The molecule has 0 aliphatic carbocycles. The predicted molar refractivity (Wildman–Crippen MR) is 130 cm³/mol. The maximum absolute atomic E-state index is 12.7. The molecule has 1 fully saturated rings. The Balaban J connectivity index is 1.60. The fourth-order valence-corrected chi connectivity index (χ4v) is 4.71. The number of carbonyl (C=O) groups is 2. The van der Waals surface area contributed by atoms with Crippen LogP contribution >= 0.6 is 0 Å². The van der Waals surface area contributed by atoms with E-state index in [-0.39, 0.29) is 22.6 Å². The van der Waals surface area contributed by atoms with Gasteiger partial charge in [-0.15, -0.1) is 0 Å². The quantitative estimate of drug-likeness (QED) is 0.642. The lowest BCUT2D eigenvalue weighted by Gasteiger charge is -2.37. The van der Waals surface area contributed by atoms with Gasteiger partial charge in [0, 0.05) is 42.8 Å². The molecule has 5 heteroatoms. The third kappa shape index (κ3) is 6.50. The summed E-state index contributed by atoms with van der Waals surface area (Å²) in [4.78, 5) is 29.9. The van der Waals surface area contributed by atoms with Crippen LogP contribution in [0.2, 0.25) is 0 Å². The number of piperazine rings is 1. The SMILES string of the molecule is CN1CCN(CC(=O)NC(C)(C)CC(C)(C)c2ccc(C(=O)c3ccccc3)cc2)CC1. The van der Waals surface area contributed by atoms with Crippen molar-refractivity contribution in [2.45, 2.75) is 45.1 Å². The molecular formula is C27H37N3O2. The first-order valence-corrected chi connectivity index (χ1v) is 11.5. The number of hydrogen-bond acceptors (Lipinski definition) is 4. The maximum Gasteiger partial charge on any atom is 0.234 e. The summed E-state index contributed by atoms with van der Waals surface area (Å²) >= 11 is 0. The molecule has 172 valence electrons. The van der Waals surface area contributed by atoms with Crippen LogP contribution in [-0.2, 0) is 10.2 Å². The average molecular weight is 436 g/mol. The molecular weight excluding hydrogens is 398 g/mol. The second-order valence-electron chi connectivity index (χ2n) is 10.3. The van der Waals surface area contributed by atoms with Gasteiger partial charge in [0.15, 0.2) is 5.78 Å². The monoisotopic (exact) mass is 435 g/mol. The van der Waals surface area contributed by atoms with Crippen LogP contribution in [0.4, 0.5) is 0 Å². The molecule has 32 heavy (non-hydrogen) atoms. The molecule has 1 aliphatic heterocycles. The first-order chi connectivity index (χ1) is 15.1. The molecule has 0 spiro atoms. The van der Waals surface area contributed by atoms with E-state index in [9.17, 15) is 9.59 Å². The highest BCUT2D eigenvalue weighted by Gasteiger charge is 2.32. The molecule has 0 aromatic heterocycles. The van der Waals surface area contributed by atoms with Crippen molar-refractivity contribution >= 4 is 11.7 Å². The molecule has 2 aromatic carbocycles. The van der Waals surface area contributed by atoms with Crippen LogP contribution in [0.5, 0.6) is 0 Å². The van der Waals surface area contributed by atoms with Gasteiger partial charge in [-0.1, -0.05) is 68.4 Å². The minimum atomic E-state index is -0.342. The van der Waals surface area contributed by atoms with Gasteiger partial charge in [0.1, 0.15) is 0 Å². The Morgan fingerprint density at radius 3 is 2.00 bits per heavy atom.